The number of carbonyl (C=O) groups is 2. The summed E-state index contributed by atoms with van der Waals surface area (Å²) >= 11 is 0. The highest BCUT2D eigenvalue weighted by Gasteiger charge is 2.51. The third-order valence-electron chi connectivity index (χ3n) is 5.21. The van der Waals surface area contributed by atoms with Crippen LogP contribution in [0.2, 0.25) is 18.1 Å². The number of rotatable bonds is 3. The largest absolute Gasteiger partial charge is 0.415 e. The van der Waals surface area contributed by atoms with E-state index in [1.807, 2.05) is 34.6 Å². The van der Waals surface area contributed by atoms with Gasteiger partial charge in [0.1, 0.15) is 0 Å². The maximum Gasteiger partial charge on any atom is 0.235 e. The molecule has 1 saturated heterocycles. The average Bonchev–Trinajstić information content (AvgIpc) is 2.54. The predicted molar refractivity (Wildman–Crippen MR) is 96.6 cm³/mol. The van der Waals surface area contributed by atoms with Gasteiger partial charge in [-0.15, -0.1) is 0 Å². The van der Waals surface area contributed by atoms with E-state index in [0.717, 1.165) is 0 Å². The zero-order valence-corrected chi connectivity index (χ0v) is 17.7. The molecule has 0 aliphatic carbocycles. The highest BCUT2D eigenvalue weighted by Crippen LogP contribution is 2.40. The fourth-order valence-corrected chi connectivity index (χ4v) is 3.58. The molecule has 2 amide bonds. The second-order valence-electron chi connectivity index (χ2n) is 10.0. The Kier molecular flexibility index (Phi) is 5.31. The second-order valence-corrected chi connectivity index (χ2v) is 14.9. The van der Waals surface area contributed by atoms with Gasteiger partial charge >= 0.3 is 0 Å². The zero-order valence-electron chi connectivity index (χ0n) is 16.7. The number of carbonyl (C=O) groups excluding carboxylic acids is 2. The smallest absolute Gasteiger partial charge is 0.235 e. The van der Waals surface area contributed by atoms with Crippen LogP contribution in [0, 0.1) is 10.8 Å². The minimum absolute atomic E-state index is 0.0683. The SMILES string of the molecule is CC(C)(C)C(=O)N1C(=O)C(C)(C)C[C@H]1CO[Si](C)(C)C(C)(C)C. The number of amides is 2. The Morgan fingerprint density at radius 1 is 1.22 bits per heavy atom. The van der Waals surface area contributed by atoms with E-state index in [9.17, 15) is 9.59 Å². The maximum atomic E-state index is 12.8. The van der Waals surface area contributed by atoms with Crippen LogP contribution in [0.5, 0.6) is 0 Å². The number of nitrogens with zero attached hydrogens (tertiary/aromatic N) is 1. The predicted octanol–water partition coefficient (Wildman–Crippen LogP) is 4.21. The van der Waals surface area contributed by atoms with Gasteiger partial charge in [0.2, 0.25) is 11.8 Å². The molecular weight excluding hydrogens is 306 g/mol. The summed E-state index contributed by atoms with van der Waals surface area (Å²) in [6, 6.07) is -0.154. The first-order chi connectivity index (χ1) is 10.0. The van der Waals surface area contributed by atoms with E-state index in [1.54, 1.807) is 0 Å². The molecule has 1 aliphatic rings. The molecule has 5 heteroatoms. The van der Waals surface area contributed by atoms with Gasteiger partial charge in [-0.25, -0.2) is 0 Å². The van der Waals surface area contributed by atoms with Crippen molar-refractivity contribution < 1.29 is 14.0 Å². The summed E-state index contributed by atoms with van der Waals surface area (Å²) in [6.07, 6.45) is 0.669. The summed E-state index contributed by atoms with van der Waals surface area (Å²) < 4.78 is 6.31. The van der Waals surface area contributed by atoms with Gasteiger partial charge in [0.25, 0.3) is 0 Å². The van der Waals surface area contributed by atoms with E-state index < -0.39 is 19.1 Å². The Bertz CT molecular complexity index is 483. The van der Waals surface area contributed by atoms with Crippen molar-refractivity contribution in [1.29, 1.82) is 0 Å². The van der Waals surface area contributed by atoms with Gasteiger partial charge in [0.05, 0.1) is 12.6 Å². The molecule has 1 aliphatic heterocycles. The molecule has 0 N–H and O–H groups in total. The fraction of sp³-hybridized carbons (Fsp3) is 0.889. The molecule has 4 nitrogen and oxygen atoms in total. The van der Waals surface area contributed by atoms with Crippen LogP contribution in [0.3, 0.4) is 0 Å². The van der Waals surface area contributed by atoms with Crippen LogP contribution in [-0.4, -0.2) is 37.7 Å². The number of hydrogen-bond donors (Lipinski definition) is 0. The number of imide groups is 1. The maximum absolute atomic E-state index is 12.8. The molecule has 0 spiro atoms. The van der Waals surface area contributed by atoms with Crippen LogP contribution < -0.4 is 0 Å². The first-order valence-electron chi connectivity index (χ1n) is 8.53. The van der Waals surface area contributed by atoms with Crippen molar-refractivity contribution in [2.24, 2.45) is 10.8 Å². The van der Waals surface area contributed by atoms with Crippen LogP contribution in [0.1, 0.15) is 61.8 Å². The van der Waals surface area contributed by atoms with Gasteiger partial charge in [-0.2, -0.15) is 0 Å². The monoisotopic (exact) mass is 341 g/mol. The van der Waals surface area contributed by atoms with E-state index >= 15 is 0 Å². The van der Waals surface area contributed by atoms with Crippen LogP contribution in [0.25, 0.3) is 0 Å². The third-order valence-corrected chi connectivity index (χ3v) is 9.71. The summed E-state index contributed by atoms with van der Waals surface area (Å²) in [5.74, 6) is -0.168. The molecule has 134 valence electrons. The lowest BCUT2D eigenvalue weighted by molar-refractivity contribution is -0.152. The lowest BCUT2D eigenvalue weighted by Crippen LogP contribution is -2.49. The Hall–Kier alpha value is -0.683. The summed E-state index contributed by atoms with van der Waals surface area (Å²) in [5.41, 5.74) is -1.06. The van der Waals surface area contributed by atoms with E-state index in [1.165, 1.54) is 4.90 Å². The summed E-state index contributed by atoms with van der Waals surface area (Å²) in [7, 11) is -1.90. The molecule has 0 aromatic carbocycles. The van der Waals surface area contributed by atoms with E-state index in [-0.39, 0.29) is 22.9 Å². The standard InChI is InChI=1S/C18H35NO3Si/c1-16(2,3)14(20)19-13(11-18(7,8)15(19)21)12-22-23(9,10)17(4,5)6/h13H,11-12H2,1-10H3/t13-/m0/s1. The molecular formula is C18H35NO3Si. The Balaban J connectivity index is 3.00. The topological polar surface area (TPSA) is 46.6 Å². The second kappa shape index (κ2) is 5.99. The zero-order chi connectivity index (χ0) is 18.4. The molecule has 0 aromatic rings. The van der Waals surface area contributed by atoms with Crippen molar-refractivity contribution in [2.75, 3.05) is 6.61 Å². The lowest BCUT2D eigenvalue weighted by atomic mass is 9.90. The lowest BCUT2D eigenvalue weighted by Gasteiger charge is -2.38. The quantitative estimate of drug-likeness (QED) is 0.723. The normalized spacial score (nSPS) is 22.6. The van der Waals surface area contributed by atoms with Crippen LogP contribution in [0.15, 0.2) is 0 Å². The van der Waals surface area contributed by atoms with Gasteiger partial charge in [-0.1, -0.05) is 55.4 Å². The van der Waals surface area contributed by atoms with Crippen LogP contribution >= 0.6 is 0 Å². The average molecular weight is 342 g/mol. The van der Waals surface area contributed by atoms with Gasteiger partial charge in [0, 0.05) is 10.8 Å². The molecule has 23 heavy (non-hydrogen) atoms. The molecule has 0 aromatic heterocycles. The van der Waals surface area contributed by atoms with Crippen molar-refractivity contribution >= 4 is 20.1 Å². The molecule has 0 bridgehead atoms. The van der Waals surface area contributed by atoms with Crippen molar-refractivity contribution in [3.63, 3.8) is 0 Å². The van der Waals surface area contributed by atoms with Crippen molar-refractivity contribution in [3.8, 4) is 0 Å². The van der Waals surface area contributed by atoms with Gasteiger partial charge in [-0.3, -0.25) is 14.5 Å². The molecule has 0 saturated carbocycles. The summed E-state index contributed by atoms with van der Waals surface area (Å²) in [6.45, 7) is 20.9. The Morgan fingerprint density at radius 3 is 2.09 bits per heavy atom. The van der Waals surface area contributed by atoms with Crippen LogP contribution in [-0.2, 0) is 14.0 Å². The van der Waals surface area contributed by atoms with Crippen molar-refractivity contribution in [1.82, 2.24) is 4.90 Å². The molecule has 0 unspecified atom stereocenters. The third kappa shape index (κ3) is 4.24. The first kappa shape index (κ1) is 20.4. The summed E-state index contributed by atoms with van der Waals surface area (Å²) in [4.78, 5) is 26.9. The van der Waals surface area contributed by atoms with Crippen molar-refractivity contribution in [2.45, 2.75) is 86.0 Å². The van der Waals surface area contributed by atoms with Crippen LogP contribution in [0.4, 0.5) is 0 Å². The van der Waals surface area contributed by atoms with E-state index in [4.69, 9.17) is 4.43 Å². The highest BCUT2D eigenvalue weighted by molar-refractivity contribution is 6.74. The number of hydrogen-bond acceptors (Lipinski definition) is 3. The number of likely N-dealkylation sites (tertiary alicyclic amines) is 1. The fourth-order valence-electron chi connectivity index (χ4n) is 2.53. The first-order valence-corrected chi connectivity index (χ1v) is 11.4. The molecule has 1 atom stereocenters. The van der Waals surface area contributed by atoms with Gasteiger partial charge < -0.3 is 4.43 Å². The molecule has 1 fully saturated rings. The minimum Gasteiger partial charge on any atom is -0.415 e. The van der Waals surface area contributed by atoms with E-state index in [0.29, 0.717) is 13.0 Å². The van der Waals surface area contributed by atoms with E-state index in [2.05, 4.69) is 33.9 Å². The summed E-state index contributed by atoms with van der Waals surface area (Å²) in [5, 5.41) is 0.115. The van der Waals surface area contributed by atoms with Crippen molar-refractivity contribution in [3.05, 3.63) is 0 Å². The highest BCUT2D eigenvalue weighted by atomic mass is 28.4. The molecule has 1 rings (SSSR count). The molecule has 0 radical (unpaired) electrons. The Morgan fingerprint density at radius 2 is 1.70 bits per heavy atom. The Labute approximate surface area is 143 Å². The van der Waals surface area contributed by atoms with Gasteiger partial charge in [-0.05, 0) is 24.6 Å². The molecule has 1 heterocycles. The minimum atomic E-state index is -1.90. The van der Waals surface area contributed by atoms with Gasteiger partial charge in [0.15, 0.2) is 8.32 Å².